The molecule has 81 valence electrons. The van der Waals surface area contributed by atoms with Crippen LogP contribution in [0.15, 0.2) is 54.6 Å². The monoisotopic (exact) mass is 214 g/mol. The van der Waals surface area contributed by atoms with Gasteiger partial charge in [0.2, 0.25) is 0 Å². The molecule has 0 saturated heterocycles. The largest absolute Gasteiger partial charge is 0.482 e. The second kappa shape index (κ2) is 6.66. The van der Waals surface area contributed by atoms with Crippen LogP contribution in [0.2, 0.25) is 0 Å². The third kappa shape index (κ3) is 3.77. The lowest BCUT2D eigenvalue weighted by atomic mass is 10.1. The predicted octanol–water partition coefficient (Wildman–Crippen LogP) is 1.44. The molecule has 0 atom stereocenters. The van der Waals surface area contributed by atoms with Crippen molar-refractivity contribution in [3.8, 4) is 11.1 Å². The van der Waals surface area contributed by atoms with Crippen LogP contribution in [0.5, 0.6) is 0 Å². The molecular weight excluding hydrogens is 201 g/mol. The fourth-order valence-corrected chi connectivity index (χ4v) is 1.35. The molecule has 0 fully saturated rings. The zero-order valence-electron chi connectivity index (χ0n) is 8.75. The molecule has 0 unspecified atom stereocenters. The van der Waals surface area contributed by atoms with Gasteiger partial charge in [-0.2, -0.15) is 0 Å². The smallest absolute Gasteiger partial charge is 0.429 e. The van der Waals surface area contributed by atoms with Gasteiger partial charge in [0.05, 0.1) is 0 Å². The van der Waals surface area contributed by atoms with Crippen LogP contribution in [-0.4, -0.2) is 17.7 Å². The van der Waals surface area contributed by atoms with Crippen molar-refractivity contribution in [1.29, 1.82) is 0 Å². The molecule has 3 nitrogen and oxygen atoms in total. The van der Waals surface area contributed by atoms with E-state index in [1.165, 1.54) is 11.1 Å². The van der Waals surface area contributed by atoms with Gasteiger partial charge in [-0.05, 0) is 23.3 Å². The molecule has 4 N–H and O–H groups in total. The Morgan fingerprint density at radius 1 is 0.812 bits per heavy atom. The SMILES string of the molecule is Nc1cccc(-c2ccccc2)c1.O[B]O. The van der Waals surface area contributed by atoms with E-state index in [1.54, 1.807) is 0 Å². The maximum Gasteiger partial charge on any atom is 0.482 e. The van der Waals surface area contributed by atoms with Crippen LogP contribution in [0.4, 0.5) is 5.69 Å². The maximum absolute atomic E-state index is 7.00. The zero-order chi connectivity index (χ0) is 11.8. The van der Waals surface area contributed by atoms with E-state index in [-0.39, 0.29) is 7.69 Å². The van der Waals surface area contributed by atoms with Crippen LogP contribution >= 0.6 is 0 Å². The summed E-state index contributed by atoms with van der Waals surface area (Å²) in [4.78, 5) is 0. The molecule has 0 heterocycles. The lowest BCUT2D eigenvalue weighted by Gasteiger charge is -2.01. The summed E-state index contributed by atoms with van der Waals surface area (Å²) in [5.74, 6) is 0. The van der Waals surface area contributed by atoms with Crippen molar-refractivity contribution < 1.29 is 10.0 Å². The van der Waals surface area contributed by atoms with E-state index in [9.17, 15) is 0 Å². The van der Waals surface area contributed by atoms with Crippen molar-refractivity contribution in [3.63, 3.8) is 0 Å². The van der Waals surface area contributed by atoms with Crippen molar-refractivity contribution in [2.75, 3.05) is 5.73 Å². The average Bonchev–Trinajstić information content (AvgIpc) is 2.31. The predicted molar refractivity (Wildman–Crippen MR) is 66.5 cm³/mol. The highest BCUT2D eigenvalue weighted by molar-refractivity contribution is 6.13. The Hall–Kier alpha value is -1.78. The molecule has 0 aliphatic rings. The van der Waals surface area contributed by atoms with Crippen molar-refractivity contribution in [2.24, 2.45) is 0 Å². The molecule has 0 saturated carbocycles. The summed E-state index contributed by atoms with van der Waals surface area (Å²) in [6, 6.07) is 18.1. The molecule has 2 rings (SSSR count). The van der Waals surface area contributed by atoms with Gasteiger partial charge in [0.15, 0.2) is 0 Å². The highest BCUT2D eigenvalue weighted by atomic mass is 16.4. The Morgan fingerprint density at radius 2 is 1.38 bits per heavy atom. The number of hydrogen-bond donors (Lipinski definition) is 3. The number of rotatable bonds is 1. The fraction of sp³-hybridized carbons (Fsp3) is 0. The van der Waals surface area contributed by atoms with E-state index in [1.807, 2.05) is 36.4 Å². The van der Waals surface area contributed by atoms with Gasteiger partial charge in [-0.15, -0.1) is 0 Å². The molecule has 0 bridgehead atoms. The van der Waals surface area contributed by atoms with Crippen LogP contribution in [0.3, 0.4) is 0 Å². The maximum atomic E-state index is 7.00. The molecule has 0 aliphatic heterocycles. The second-order valence-electron chi connectivity index (χ2n) is 3.11. The first-order valence-corrected chi connectivity index (χ1v) is 4.79. The lowest BCUT2D eigenvalue weighted by Crippen LogP contribution is -1.84. The van der Waals surface area contributed by atoms with Crippen LogP contribution in [-0.2, 0) is 0 Å². The van der Waals surface area contributed by atoms with E-state index < -0.39 is 0 Å². The highest BCUT2D eigenvalue weighted by Gasteiger charge is 1.94. The first-order valence-electron chi connectivity index (χ1n) is 4.79. The highest BCUT2D eigenvalue weighted by Crippen LogP contribution is 2.20. The fourth-order valence-electron chi connectivity index (χ4n) is 1.35. The van der Waals surface area contributed by atoms with Gasteiger partial charge in [0.1, 0.15) is 0 Å². The molecular formula is C12H13BNO2. The summed E-state index contributed by atoms with van der Waals surface area (Å²) in [6.45, 7) is 0. The zero-order valence-corrected chi connectivity index (χ0v) is 8.75. The quantitative estimate of drug-likeness (QED) is 0.497. The van der Waals surface area contributed by atoms with Gasteiger partial charge < -0.3 is 15.8 Å². The van der Waals surface area contributed by atoms with E-state index in [2.05, 4.69) is 18.2 Å². The number of benzene rings is 2. The Labute approximate surface area is 95.5 Å². The van der Waals surface area contributed by atoms with Gasteiger partial charge in [-0.3, -0.25) is 0 Å². The molecule has 2 aromatic rings. The van der Waals surface area contributed by atoms with Crippen molar-refractivity contribution >= 4 is 13.4 Å². The minimum Gasteiger partial charge on any atom is -0.429 e. The summed E-state index contributed by atoms with van der Waals surface area (Å²) >= 11 is 0. The van der Waals surface area contributed by atoms with Crippen LogP contribution in [0.1, 0.15) is 0 Å². The number of nitrogens with two attached hydrogens (primary N) is 1. The summed E-state index contributed by atoms with van der Waals surface area (Å²) in [7, 11) is 0. The second-order valence-corrected chi connectivity index (χ2v) is 3.11. The molecule has 0 spiro atoms. The summed E-state index contributed by atoms with van der Waals surface area (Å²) in [6.07, 6.45) is 0. The Bertz CT molecular complexity index is 420. The van der Waals surface area contributed by atoms with Crippen molar-refractivity contribution in [3.05, 3.63) is 54.6 Å². The molecule has 0 aromatic heterocycles. The number of anilines is 1. The summed E-state index contributed by atoms with van der Waals surface area (Å²) < 4.78 is 0. The van der Waals surface area contributed by atoms with E-state index in [4.69, 9.17) is 15.8 Å². The number of nitrogen functional groups attached to an aromatic ring is 1. The Kier molecular flexibility index (Phi) is 5.12. The van der Waals surface area contributed by atoms with Crippen LogP contribution in [0.25, 0.3) is 11.1 Å². The molecule has 0 amide bonds. The van der Waals surface area contributed by atoms with E-state index in [0.717, 1.165) is 5.69 Å². The molecule has 4 heteroatoms. The third-order valence-corrected chi connectivity index (χ3v) is 1.99. The Balaban J connectivity index is 0.000000386. The number of hydrogen-bond acceptors (Lipinski definition) is 3. The third-order valence-electron chi connectivity index (χ3n) is 1.99. The van der Waals surface area contributed by atoms with Gasteiger partial charge in [-0.25, -0.2) is 0 Å². The molecule has 1 radical (unpaired) electrons. The van der Waals surface area contributed by atoms with Crippen molar-refractivity contribution in [2.45, 2.75) is 0 Å². The van der Waals surface area contributed by atoms with Gasteiger partial charge in [-0.1, -0.05) is 42.5 Å². The Morgan fingerprint density at radius 3 is 1.94 bits per heavy atom. The van der Waals surface area contributed by atoms with E-state index in [0.29, 0.717) is 0 Å². The van der Waals surface area contributed by atoms with Crippen molar-refractivity contribution in [1.82, 2.24) is 0 Å². The standard InChI is InChI=1S/C12H11N.BH2O2/c13-12-8-4-7-11(9-12)10-5-2-1-3-6-10;2-1-3/h1-9H,13H2;2-3H. The van der Waals surface area contributed by atoms with E-state index >= 15 is 0 Å². The minimum atomic E-state index is 0. The first kappa shape index (κ1) is 12.3. The van der Waals surface area contributed by atoms with Gasteiger partial charge in [0, 0.05) is 5.69 Å². The molecule has 16 heavy (non-hydrogen) atoms. The average molecular weight is 214 g/mol. The summed E-state index contributed by atoms with van der Waals surface area (Å²) in [5.41, 5.74) is 8.87. The normalized spacial score (nSPS) is 8.88. The topological polar surface area (TPSA) is 66.5 Å². The first-order chi connectivity index (χ1) is 7.77. The van der Waals surface area contributed by atoms with Gasteiger partial charge in [0.25, 0.3) is 0 Å². The minimum absolute atomic E-state index is 0. The molecule has 2 aromatic carbocycles. The van der Waals surface area contributed by atoms with Crippen LogP contribution < -0.4 is 5.73 Å². The van der Waals surface area contributed by atoms with Gasteiger partial charge >= 0.3 is 7.69 Å². The van der Waals surface area contributed by atoms with Crippen LogP contribution in [0, 0.1) is 0 Å². The summed E-state index contributed by atoms with van der Waals surface area (Å²) in [5, 5.41) is 14.0. The lowest BCUT2D eigenvalue weighted by molar-refractivity contribution is 0.448. The molecule has 0 aliphatic carbocycles.